The third-order valence-corrected chi connectivity index (χ3v) is 3.54. The van der Waals surface area contributed by atoms with Gasteiger partial charge in [0, 0.05) is 23.4 Å². The Morgan fingerprint density at radius 1 is 1.20 bits per heavy atom. The molecule has 1 amide bonds. The van der Waals surface area contributed by atoms with Gasteiger partial charge in [-0.05, 0) is 49.7 Å². The molecule has 1 aromatic heterocycles. The second-order valence-electron chi connectivity index (χ2n) is 5.46. The number of carboxylic acids is 1. The van der Waals surface area contributed by atoms with E-state index in [0.717, 1.165) is 16.8 Å². The minimum absolute atomic E-state index is 0.258. The Morgan fingerprint density at radius 3 is 2.48 bits per heavy atom. The van der Waals surface area contributed by atoms with Crippen LogP contribution in [0.3, 0.4) is 0 Å². The van der Waals surface area contributed by atoms with Crippen molar-refractivity contribution in [3.63, 3.8) is 0 Å². The van der Waals surface area contributed by atoms with Crippen LogP contribution in [0, 0.1) is 13.8 Å². The van der Waals surface area contributed by atoms with Crippen molar-refractivity contribution in [2.75, 3.05) is 13.7 Å². The average Bonchev–Trinajstić information content (AvgIpc) is 2.58. The summed E-state index contributed by atoms with van der Waals surface area (Å²) < 4.78 is 10.3. The smallest absolute Gasteiger partial charge is 0.341 e. The lowest BCUT2D eigenvalue weighted by molar-refractivity contribution is -0.139. The van der Waals surface area contributed by atoms with Crippen LogP contribution >= 0.6 is 0 Å². The Labute approximate surface area is 145 Å². The lowest BCUT2D eigenvalue weighted by atomic mass is 10.1. The fraction of sp³-hybridized carbons (Fsp3) is 0.278. The number of aryl methyl sites for hydroxylation is 2. The van der Waals surface area contributed by atoms with E-state index in [1.807, 2.05) is 19.9 Å². The van der Waals surface area contributed by atoms with Crippen LogP contribution in [0.25, 0.3) is 0 Å². The number of rotatable bonds is 7. The maximum Gasteiger partial charge on any atom is 0.341 e. The highest BCUT2D eigenvalue weighted by atomic mass is 16.5. The monoisotopic (exact) mass is 344 g/mol. The number of carbonyl (C=O) groups is 2. The number of carbonyl (C=O) groups excluding carboxylic acids is 1. The van der Waals surface area contributed by atoms with E-state index in [0.29, 0.717) is 23.7 Å². The number of benzene rings is 1. The molecular formula is C18H20N2O5. The highest BCUT2D eigenvalue weighted by molar-refractivity contribution is 5.94. The first kappa shape index (κ1) is 18.3. The predicted octanol–water partition coefficient (Wildman–Crippen LogP) is 2.10. The molecule has 1 heterocycles. The van der Waals surface area contributed by atoms with Crippen molar-refractivity contribution in [2.45, 2.75) is 20.4 Å². The molecule has 0 radical (unpaired) electrons. The number of carboxylic acid groups (broad SMARTS) is 1. The van der Waals surface area contributed by atoms with E-state index in [-0.39, 0.29) is 5.91 Å². The molecule has 0 aliphatic carbocycles. The topological polar surface area (TPSA) is 97.8 Å². The van der Waals surface area contributed by atoms with Crippen LogP contribution in [0.15, 0.2) is 30.3 Å². The average molecular weight is 344 g/mol. The third-order valence-electron chi connectivity index (χ3n) is 3.54. The molecule has 0 aliphatic heterocycles. The van der Waals surface area contributed by atoms with E-state index in [9.17, 15) is 9.59 Å². The number of nitrogens with one attached hydrogen (secondary N) is 1. The van der Waals surface area contributed by atoms with Gasteiger partial charge < -0.3 is 19.9 Å². The summed E-state index contributed by atoms with van der Waals surface area (Å²) in [5.74, 6) is -0.431. The van der Waals surface area contributed by atoms with Gasteiger partial charge in [-0.15, -0.1) is 0 Å². The van der Waals surface area contributed by atoms with E-state index in [2.05, 4.69) is 10.3 Å². The Balaban J connectivity index is 2.02. The van der Waals surface area contributed by atoms with Crippen molar-refractivity contribution in [1.29, 1.82) is 0 Å². The van der Waals surface area contributed by atoms with Crippen LogP contribution in [0.2, 0.25) is 0 Å². The van der Waals surface area contributed by atoms with Crippen molar-refractivity contribution >= 4 is 11.9 Å². The molecule has 2 N–H and O–H groups in total. The van der Waals surface area contributed by atoms with Gasteiger partial charge in [0.05, 0.1) is 7.11 Å². The number of methoxy groups -OCH3 is 1. The summed E-state index contributed by atoms with van der Waals surface area (Å²) in [6.07, 6.45) is 0. The molecule has 7 heteroatoms. The minimum atomic E-state index is -1.06. The first-order valence-electron chi connectivity index (χ1n) is 7.64. The summed E-state index contributed by atoms with van der Waals surface area (Å²) in [4.78, 5) is 27.0. The van der Waals surface area contributed by atoms with Crippen LogP contribution in [0.4, 0.5) is 0 Å². The van der Waals surface area contributed by atoms with Gasteiger partial charge in [-0.1, -0.05) is 0 Å². The molecule has 0 aliphatic rings. The lowest BCUT2D eigenvalue weighted by Crippen LogP contribution is -2.23. The molecule has 0 unspecified atom stereocenters. The molecule has 132 valence electrons. The first-order valence-corrected chi connectivity index (χ1v) is 7.64. The highest BCUT2D eigenvalue weighted by Crippen LogP contribution is 2.20. The van der Waals surface area contributed by atoms with Crippen molar-refractivity contribution in [1.82, 2.24) is 10.3 Å². The minimum Gasteiger partial charge on any atom is -0.482 e. The molecule has 0 spiro atoms. The molecule has 0 saturated heterocycles. The third kappa shape index (κ3) is 4.94. The normalized spacial score (nSPS) is 10.2. The SMILES string of the molecule is COc1nc(C)cc(C)c1CNC(=O)c1ccc(OCC(=O)O)cc1. The molecule has 0 bridgehead atoms. The molecule has 25 heavy (non-hydrogen) atoms. The maximum absolute atomic E-state index is 12.3. The van der Waals surface area contributed by atoms with Crippen LogP contribution < -0.4 is 14.8 Å². The van der Waals surface area contributed by atoms with Gasteiger partial charge in [0.15, 0.2) is 6.61 Å². The Kier molecular flexibility index (Phi) is 5.94. The largest absolute Gasteiger partial charge is 0.482 e. The molecule has 0 fully saturated rings. The second-order valence-corrected chi connectivity index (χ2v) is 5.46. The van der Waals surface area contributed by atoms with E-state index >= 15 is 0 Å². The van der Waals surface area contributed by atoms with E-state index in [1.165, 1.54) is 0 Å². The predicted molar refractivity (Wildman–Crippen MR) is 91.0 cm³/mol. The molecule has 0 saturated carbocycles. The summed E-state index contributed by atoms with van der Waals surface area (Å²) in [6, 6.07) is 8.18. The molecule has 0 atom stereocenters. The van der Waals surface area contributed by atoms with Crippen molar-refractivity contribution < 1.29 is 24.2 Å². The number of aliphatic carboxylic acids is 1. The summed E-state index contributed by atoms with van der Waals surface area (Å²) in [5.41, 5.74) is 3.10. The molecule has 2 aromatic rings. The zero-order valence-corrected chi connectivity index (χ0v) is 14.3. The molecule has 1 aromatic carbocycles. The Morgan fingerprint density at radius 2 is 1.88 bits per heavy atom. The van der Waals surface area contributed by atoms with Gasteiger partial charge in [0.2, 0.25) is 5.88 Å². The second kappa shape index (κ2) is 8.14. The number of pyridine rings is 1. The van der Waals surface area contributed by atoms with Crippen molar-refractivity contribution in [3.8, 4) is 11.6 Å². The van der Waals surface area contributed by atoms with Gasteiger partial charge in [0.25, 0.3) is 5.91 Å². The molecular weight excluding hydrogens is 324 g/mol. The number of aromatic nitrogens is 1. The zero-order chi connectivity index (χ0) is 18.4. The molecule has 7 nitrogen and oxygen atoms in total. The first-order chi connectivity index (χ1) is 11.9. The van der Waals surface area contributed by atoms with Crippen molar-refractivity contribution in [3.05, 3.63) is 52.7 Å². The van der Waals surface area contributed by atoms with E-state index in [1.54, 1.807) is 31.4 Å². The van der Waals surface area contributed by atoms with Crippen LogP contribution in [-0.4, -0.2) is 35.7 Å². The number of hydrogen-bond donors (Lipinski definition) is 2. The van der Waals surface area contributed by atoms with Gasteiger partial charge in [-0.25, -0.2) is 9.78 Å². The van der Waals surface area contributed by atoms with Crippen molar-refractivity contribution in [2.24, 2.45) is 0 Å². The highest BCUT2D eigenvalue weighted by Gasteiger charge is 2.12. The summed E-state index contributed by atoms with van der Waals surface area (Å²) in [6.45, 7) is 3.68. The van der Waals surface area contributed by atoms with Crippen LogP contribution in [0.1, 0.15) is 27.2 Å². The van der Waals surface area contributed by atoms with E-state index < -0.39 is 12.6 Å². The standard InChI is InChI=1S/C18H20N2O5/c1-11-8-12(2)20-18(24-3)15(11)9-19-17(23)13-4-6-14(7-5-13)25-10-16(21)22/h4-8H,9-10H2,1-3H3,(H,19,23)(H,21,22). The summed E-state index contributed by atoms with van der Waals surface area (Å²) in [7, 11) is 1.54. The van der Waals surface area contributed by atoms with Crippen LogP contribution in [0.5, 0.6) is 11.6 Å². The fourth-order valence-electron chi connectivity index (χ4n) is 2.33. The Bertz CT molecular complexity index is 772. The number of hydrogen-bond acceptors (Lipinski definition) is 5. The number of nitrogens with zero attached hydrogens (tertiary/aromatic N) is 1. The summed E-state index contributed by atoms with van der Waals surface area (Å²) >= 11 is 0. The molecule has 2 rings (SSSR count). The van der Waals surface area contributed by atoms with Gasteiger partial charge >= 0.3 is 5.97 Å². The fourth-order valence-corrected chi connectivity index (χ4v) is 2.33. The van der Waals surface area contributed by atoms with E-state index in [4.69, 9.17) is 14.6 Å². The van der Waals surface area contributed by atoms with Crippen LogP contribution in [-0.2, 0) is 11.3 Å². The lowest BCUT2D eigenvalue weighted by Gasteiger charge is -2.13. The van der Waals surface area contributed by atoms with Gasteiger partial charge in [-0.3, -0.25) is 4.79 Å². The zero-order valence-electron chi connectivity index (χ0n) is 14.3. The quantitative estimate of drug-likeness (QED) is 0.798. The van der Waals surface area contributed by atoms with Gasteiger partial charge in [0.1, 0.15) is 5.75 Å². The number of amides is 1. The van der Waals surface area contributed by atoms with Gasteiger partial charge in [-0.2, -0.15) is 0 Å². The number of ether oxygens (including phenoxy) is 2. The Hall–Kier alpha value is -3.09. The summed E-state index contributed by atoms with van der Waals surface area (Å²) in [5, 5.41) is 11.4. The maximum atomic E-state index is 12.3.